The van der Waals surface area contributed by atoms with Crippen molar-refractivity contribution in [3.8, 4) is 0 Å². The first-order valence-electron chi connectivity index (χ1n) is 8.48. The van der Waals surface area contributed by atoms with Crippen LogP contribution in [-0.4, -0.2) is 46.1 Å². The maximum Gasteiger partial charge on any atom is 0.167 e. The molecular formula is C19H22N4O. The molecule has 0 aliphatic carbocycles. The minimum absolute atomic E-state index is 0.855. The van der Waals surface area contributed by atoms with E-state index in [1.54, 1.807) is 0 Å². The van der Waals surface area contributed by atoms with Crippen LogP contribution in [0.2, 0.25) is 0 Å². The van der Waals surface area contributed by atoms with E-state index < -0.39 is 0 Å². The van der Waals surface area contributed by atoms with E-state index in [0.717, 1.165) is 55.9 Å². The first-order valence-corrected chi connectivity index (χ1v) is 8.48. The average Bonchev–Trinajstić information content (AvgIpc) is 3.02. The van der Waals surface area contributed by atoms with Crippen LogP contribution in [0.4, 0.5) is 0 Å². The highest BCUT2D eigenvalue weighted by Gasteiger charge is 2.20. The van der Waals surface area contributed by atoms with Crippen LogP contribution >= 0.6 is 0 Å². The maximum atomic E-state index is 5.41. The molecule has 1 fully saturated rings. The fraction of sp³-hybridized carbons (Fsp3) is 0.368. The number of para-hydroxylation sites is 1. The Morgan fingerprint density at radius 1 is 0.917 bits per heavy atom. The lowest BCUT2D eigenvalue weighted by atomic mass is 10.2. The zero-order valence-electron chi connectivity index (χ0n) is 14.0. The molecule has 0 radical (unpaired) electrons. The van der Waals surface area contributed by atoms with Gasteiger partial charge in [-0.2, -0.15) is 0 Å². The van der Waals surface area contributed by atoms with Crippen LogP contribution in [0.3, 0.4) is 0 Å². The second-order valence-electron chi connectivity index (χ2n) is 6.44. The standard InChI is InChI=1S/C19H22N4O/c1-15-5-4-8-20-17(15)13-22-9-11-23(12-10-22)14-18-16-6-2-3-7-19(16)24-21-18/h2-8H,9-14H2,1H3. The van der Waals surface area contributed by atoms with E-state index in [1.165, 1.54) is 11.3 Å². The molecule has 0 N–H and O–H groups in total. The SMILES string of the molecule is Cc1cccnc1CN1CCN(Cc2noc3ccccc23)CC1. The van der Waals surface area contributed by atoms with Gasteiger partial charge in [-0.25, -0.2) is 0 Å². The zero-order chi connectivity index (χ0) is 16.4. The molecule has 4 rings (SSSR count). The maximum absolute atomic E-state index is 5.41. The lowest BCUT2D eigenvalue weighted by Crippen LogP contribution is -2.45. The Morgan fingerprint density at radius 2 is 1.62 bits per heavy atom. The summed E-state index contributed by atoms with van der Waals surface area (Å²) >= 11 is 0. The summed E-state index contributed by atoms with van der Waals surface area (Å²) in [6, 6.07) is 12.2. The molecule has 1 aromatic carbocycles. The highest BCUT2D eigenvalue weighted by Crippen LogP contribution is 2.20. The number of aromatic nitrogens is 2. The van der Waals surface area contributed by atoms with Gasteiger partial charge >= 0.3 is 0 Å². The summed E-state index contributed by atoms with van der Waals surface area (Å²) in [6.45, 7) is 8.15. The average molecular weight is 322 g/mol. The van der Waals surface area contributed by atoms with Crippen LogP contribution in [0.15, 0.2) is 47.1 Å². The van der Waals surface area contributed by atoms with E-state index in [-0.39, 0.29) is 0 Å². The van der Waals surface area contributed by atoms with E-state index in [1.807, 2.05) is 30.5 Å². The molecular weight excluding hydrogens is 300 g/mol. The Bertz CT molecular complexity index is 821. The number of piperazine rings is 1. The summed E-state index contributed by atoms with van der Waals surface area (Å²) in [4.78, 5) is 9.44. The third-order valence-electron chi connectivity index (χ3n) is 4.78. The largest absolute Gasteiger partial charge is 0.356 e. The third-order valence-corrected chi connectivity index (χ3v) is 4.78. The van der Waals surface area contributed by atoms with Gasteiger partial charge in [-0.05, 0) is 30.7 Å². The second-order valence-corrected chi connectivity index (χ2v) is 6.44. The van der Waals surface area contributed by atoms with Crippen molar-refractivity contribution in [3.05, 3.63) is 59.5 Å². The Labute approximate surface area is 141 Å². The van der Waals surface area contributed by atoms with Gasteiger partial charge in [-0.15, -0.1) is 0 Å². The molecule has 5 heteroatoms. The molecule has 124 valence electrons. The fourth-order valence-corrected chi connectivity index (χ4v) is 3.27. The molecule has 0 saturated carbocycles. The van der Waals surface area contributed by atoms with Gasteiger partial charge in [0.05, 0.1) is 5.69 Å². The molecule has 0 bridgehead atoms. The molecule has 0 spiro atoms. The van der Waals surface area contributed by atoms with Gasteiger partial charge in [0.25, 0.3) is 0 Å². The van der Waals surface area contributed by atoms with Crippen molar-refractivity contribution >= 4 is 11.0 Å². The predicted octanol–water partition coefficient (Wildman–Crippen LogP) is 2.85. The van der Waals surface area contributed by atoms with Crippen molar-refractivity contribution in [1.82, 2.24) is 19.9 Å². The van der Waals surface area contributed by atoms with Gasteiger partial charge in [-0.1, -0.05) is 23.4 Å². The number of hydrogen-bond acceptors (Lipinski definition) is 5. The van der Waals surface area contributed by atoms with Gasteiger partial charge in [-0.3, -0.25) is 14.8 Å². The smallest absolute Gasteiger partial charge is 0.167 e. The van der Waals surface area contributed by atoms with Crippen molar-refractivity contribution in [2.75, 3.05) is 26.2 Å². The number of rotatable bonds is 4. The van der Waals surface area contributed by atoms with Gasteiger partial charge < -0.3 is 4.52 Å². The fourth-order valence-electron chi connectivity index (χ4n) is 3.27. The molecule has 0 atom stereocenters. The van der Waals surface area contributed by atoms with Crippen LogP contribution in [-0.2, 0) is 13.1 Å². The Morgan fingerprint density at radius 3 is 2.38 bits per heavy atom. The van der Waals surface area contributed by atoms with Crippen molar-refractivity contribution in [3.63, 3.8) is 0 Å². The second kappa shape index (κ2) is 6.71. The van der Waals surface area contributed by atoms with Gasteiger partial charge in [0.15, 0.2) is 5.58 Å². The highest BCUT2D eigenvalue weighted by molar-refractivity contribution is 5.79. The van der Waals surface area contributed by atoms with Crippen molar-refractivity contribution in [2.45, 2.75) is 20.0 Å². The molecule has 0 amide bonds. The summed E-state index contributed by atoms with van der Waals surface area (Å²) in [6.07, 6.45) is 1.88. The van der Waals surface area contributed by atoms with E-state index in [2.05, 4.69) is 39.0 Å². The Balaban J connectivity index is 1.35. The van der Waals surface area contributed by atoms with Gasteiger partial charge in [0.1, 0.15) is 5.69 Å². The normalized spacial score (nSPS) is 16.7. The number of hydrogen-bond donors (Lipinski definition) is 0. The van der Waals surface area contributed by atoms with Crippen LogP contribution < -0.4 is 0 Å². The molecule has 1 aliphatic rings. The van der Waals surface area contributed by atoms with Crippen LogP contribution in [0.5, 0.6) is 0 Å². The van der Waals surface area contributed by atoms with Gasteiger partial charge in [0, 0.05) is 50.9 Å². The van der Waals surface area contributed by atoms with Crippen LogP contribution in [0.1, 0.15) is 17.0 Å². The molecule has 24 heavy (non-hydrogen) atoms. The quantitative estimate of drug-likeness (QED) is 0.739. The van der Waals surface area contributed by atoms with Crippen molar-refractivity contribution in [2.24, 2.45) is 0 Å². The minimum Gasteiger partial charge on any atom is -0.356 e. The van der Waals surface area contributed by atoms with E-state index in [4.69, 9.17) is 4.52 Å². The Kier molecular flexibility index (Phi) is 4.28. The topological polar surface area (TPSA) is 45.4 Å². The lowest BCUT2D eigenvalue weighted by molar-refractivity contribution is 0.119. The van der Waals surface area contributed by atoms with Gasteiger partial charge in [0.2, 0.25) is 0 Å². The molecule has 5 nitrogen and oxygen atoms in total. The number of benzene rings is 1. The summed E-state index contributed by atoms with van der Waals surface area (Å²) in [5, 5.41) is 5.38. The predicted molar refractivity (Wildman–Crippen MR) is 93.5 cm³/mol. The third kappa shape index (κ3) is 3.18. The molecule has 2 aromatic heterocycles. The number of aryl methyl sites for hydroxylation is 1. The summed E-state index contributed by atoms with van der Waals surface area (Å²) < 4.78 is 5.41. The molecule has 3 heterocycles. The number of pyridine rings is 1. The van der Waals surface area contributed by atoms with Crippen molar-refractivity contribution in [1.29, 1.82) is 0 Å². The molecule has 0 unspecified atom stereocenters. The molecule has 1 saturated heterocycles. The van der Waals surface area contributed by atoms with Crippen LogP contribution in [0, 0.1) is 6.92 Å². The van der Waals surface area contributed by atoms with Crippen LogP contribution in [0.25, 0.3) is 11.0 Å². The zero-order valence-corrected chi connectivity index (χ0v) is 14.0. The van der Waals surface area contributed by atoms with E-state index in [9.17, 15) is 0 Å². The number of nitrogens with zero attached hydrogens (tertiary/aromatic N) is 4. The molecule has 3 aromatic rings. The first kappa shape index (κ1) is 15.3. The lowest BCUT2D eigenvalue weighted by Gasteiger charge is -2.34. The first-order chi connectivity index (χ1) is 11.8. The monoisotopic (exact) mass is 322 g/mol. The van der Waals surface area contributed by atoms with Crippen molar-refractivity contribution < 1.29 is 4.52 Å². The minimum atomic E-state index is 0.855. The summed E-state index contributed by atoms with van der Waals surface area (Å²) in [5.41, 5.74) is 4.37. The number of fused-ring (bicyclic) bond motifs is 1. The van der Waals surface area contributed by atoms with E-state index >= 15 is 0 Å². The molecule has 1 aliphatic heterocycles. The summed E-state index contributed by atoms with van der Waals surface area (Å²) in [5.74, 6) is 0. The van der Waals surface area contributed by atoms with E-state index in [0.29, 0.717) is 0 Å². The Hall–Kier alpha value is -2.24. The summed E-state index contributed by atoms with van der Waals surface area (Å²) in [7, 11) is 0. The highest BCUT2D eigenvalue weighted by atomic mass is 16.5.